The van der Waals surface area contributed by atoms with E-state index >= 15 is 0 Å². The van der Waals surface area contributed by atoms with Crippen LogP contribution in [0.5, 0.6) is 0 Å². The quantitative estimate of drug-likeness (QED) is 0.387. The highest BCUT2D eigenvalue weighted by Gasteiger charge is 2.31. The van der Waals surface area contributed by atoms with E-state index in [4.69, 9.17) is 0 Å². The molecule has 0 fully saturated rings. The van der Waals surface area contributed by atoms with Crippen LogP contribution in [-0.2, 0) is 11.0 Å². The second kappa shape index (κ2) is 8.14. The molecule has 3 aromatic heterocycles. The van der Waals surface area contributed by atoms with Crippen molar-refractivity contribution in [2.75, 3.05) is 17.7 Å². The molecule has 4 rings (SSSR count). The molecule has 0 saturated heterocycles. The highest BCUT2D eigenvalue weighted by atomic mass is 19.4. The van der Waals surface area contributed by atoms with Gasteiger partial charge in [0.25, 0.3) is 0 Å². The van der Waals surface area contributed by atoms with E-state index in [1.54, 1.807) is 25.4 Å². The van der Waals surface area contributed by atoms with Gasteiger partial charge in [0.2, 0.25) is 5.91 Å². The number of carbonyl (C=O) groups excluding carboxylic acids is 1. The molecular weight excluding hydrogens is 421 g/mol. The predicted molar refractivity (Wildman–Crippen MR) is 116 cm³/mol. The summed E-state index contributed by atoms with van der Waals surface area (Å²) in [6.07, 6.45) is 1.01. The number of nitrogens with zero attached hydrogens (tertiary/aromatic N) is 3. The number of amides is 1. The number of halogens is 3. The Kier molecular flexibility index (Phi) is 5.35. The van der Waals surface area contributed by atoms with Crippen LogP contribution in [0.25, 0.3) is 33.4 Å². The van der Waals surface area contributed by atoms with Crippen LogP contribution in [-0.4, -0.2) is 32.9 Å². The maximum absolute atomic E-state index is 13.5. The lowest BCUT2D eigenvalue weighted by atomic mass is 10.0. The molecular formula is C22H17F3N6O. The molecule has 10 heteroatoms. The number of hydrogen-bond acceptors (Lipinski definition) is 5. The molecule has 0 aliphatic rings. The van der Waals surface area contributed by atoms with Crippen LogP contribution in [0, 0.1) is 0 Å². The Hall–Kier alpha value is -4.21. The average Bonchev–Trinajstić information content (AvgIpc) is 3.21. The fraction of sp³-hybridized carbons (Fsp3) is 0.0909. The first-order valence-electron chi connectivity index (χ1n) is 9.42. The van der Waals surface area contributed by atoms with Crippen molar-refractivity contribution < 1.29 is 18.0 Å². The molecule has 0 saturated carbocycles. The number of alkyl halides is 3. The molecule has 162 valence electrons. The van der Waals surface area contributed by atoms with Gasteiger partial charge in [-0.3, -0.25) is 4.79 Å². The molecule has 1 amide bonds. The van der Waals surface area contributed by atoms with Gasteiger partial charge in [-0.25, -0.2) is 15.0 Å². The molecule has 0 spiro atoms. The number of hydrogen-bond donors (Lipinski definition) is 3. The van der Waals surface area contributed by atoms with E-state index < -0.39 is 17.6 Å². The topological polar surface area (TPSA) is 95.6 Å². The Bertz CT molecular complexity index is 1330. The zero-order valence-electron chi connectivity index (χ0n) is 16.8. The van der Waals surface area contributed by atoms with Gasteiger partial charge in [0, 0.05) is 47.7 Å². The normalized spacial score (nSPS) is 11.4. The molecule has 0 radical (unpaired) electrons. The SMILES string of the molecule is C=CC(=O)Nc1cc(-c2cnc3[nH]cc(-c4cc(NC)ncn4)c3c2)cc(C(F)(F)F)c1. The zero-order chi connectivity index (χ0) is 22.9. The van der Waals surface area contributed by atoms with Crippen LogP contribution in [0.15, 0.2) is 61.7 Å². The lowest BCUT2D eigenvalue weighted by Crippen LogP contribution is -2.10. The Morgan fingerprint density at radius 2 is 1.91 bits per heavy atom. The third-order valence-corrected chi connectivity index (χ3v) is 4.78. The molecule has 0 unspecified atom stereocenters. The molecule has 0 bridgehead atoms. The fourth-order valence-corrected chi connectivity index (χ4v) is 3.24. The summed E-state index contributed by atoms with van der Waals surface area (Å²) in [5, 5.41) is 6.00. The summed E-state index contributed by atoms with van der Waals surface area (Å²) in [7, 11) is 1.73. The van der Waals surface area contributed by atoms with E-state index in [1.807, 2.05) is 0 Å². The van der Waals surface area contributed by atoms with Crippen LogP contribution in [0.1, 0.15) is 5.56 Å². The lowest BCUT2D eigenvalue weighted by molar-refractivity contribution is -0.137. The third kappa shape index (κ3) is 4.15. The van der Waals surface area contributed by atoms with E-state index in [1.165, 1.54) is 18.6 Å². The molecule has 0 aliphatic heterocycles. The average molecular weight is 438 g/mol. The van der Waals surface area contributed by atoms with Crippen molar-refractivity contribution in [3.8, 4) is 22.4 Å². The van der Waals surface area contributed by atoms with E-state index in [-0.39, 0.29) is 11.3 Å². The van der Waals surface area contributed by atoms with Gasteiger partial charge in [-0.05, 0) is 35.9 Å². The zero-order valence-corrected chi connectivity index (χ0v) is 16.8. The van der Waals surface area contributed by atoms with Gasteiger partial charge in [-0.1, -0.05) is 6.58 Å². The first-order chi connectivity index (χ1) is 15.3. The van der Waals surface area contributed by atoms with Gasteiger partial charge in [0.05, 0.1) is 11.3 Å². The second-order valence-electron chi connectivity index (χ2n) is 6.85. The van der Waals surface area contributed by atoms with Gasteiger partial charge in [-0.2, -0.15) is 13.2 Å². The second-order valence-corrected chi connectivity index (χ2v) is 6.85. The molecule has 0 aliphatic carbocycles. The van der Waals surface area contributed by atoms with Crippen molar-refractivity contribution in [2.24, 2.45) is 0 Å². The van der Waals surface area contributed by atoms with Crippen molar-refractivity contribution in [1.29, 1.82) is 0 Å². The Morgan fingerprint density at radius 3 is 2.62 bits per heavy atom. The summed E-state index contributed by atoms with van der Waals surface area (Å²) in [6.45, 7) is 3.33. The van der Waals surface area contributed by atoms with Crippen molar-refractivity contribution in [2.45, 2.75) is 6.18 Å². The van der Waals surface area contributed by atoms with Crippen molar-refractivity contribution in [1.82, 2.24) is 19.9 Å². The number of fused-ring (bicyclic) bond motifs is 1. The summed E-state index contributed by atoms with van der Waals surface area (Å²) >= 11 is 0. The smallest absolute Gasteiger partial charge is 0.373 e. The first kappa shape index (κ1) is 21.0. The number of anilines is 2. The van der Waals surface area contributed by atoms with E-state index in [2.05, 4.69) is 37.1 Å². The van der Waals surface area contributed by atoms with Crippen LogP contribution in [0.4, 0.5) is 24.7 Å². The monoisotopic (exact) mass is 438 g/mol. The summed E-state index contributed by atoms with van der Waals surface area (Å²) in [5.41, 5.74) is 1.71. The van der Waals surface area contributed by atoms with Gasteiger partial charge in [0.15, 0.2) is 0 Å². The van der Waals surface area contributed by atoms with Gasteiger partial charge >= 0.3 is 6.18 Å². The minimum absolute atomic E-state index is 0.00331. The molecule has 32 heavy (non-hydrogen) atoms. The minimum atomic E-state index is -4.59. The molecule has 4 aromatic rings. The molecule has 1 aromatic carbocycles. The molecule has 3 heterocycles. The highest BCUT2D eigenvalue weighted by molar-refractivity contribution is 6.00. The largest absolute Gasteiger partial charge is 0.416 e. The summed E-state index contributed by atoms with van der Waals surface area (Å²) in [6, 6.07) is 6.82. The number of nitrogens with one attached hydrogen (secondary N) is 3. The van der Waals surface area contributed by atoms with Crippen LogP contribution < -0.4 is 10.6 Å². The minimum Gasteiger partial charge on any atom is -0.373 e. The highest BCUT2D eigenvalue weighted by Crippen LogP contribution is 2.36. The van der Waals surface area contributed by atoms with Crippen LogP contribution in [0.3, 0.4) is 0 Å². The number of rotatable bonds is 5. The maximum Gasteiger partial charge on any atom is 0.416 e. The molecule has 7 nitrogen and oxygen atoms in total. The number of carbonyl (C=O) groups is 1. The van der Waals surface area contributed by atoms with E-state index in [9.17, 15) is 18.0 Å². The number of H-pyrrole nitrogens is 1. The third-order valence-electron chi connectivity index (χ3n) is 4.78. The Balaban J connectivity index is 1.85. The standard InChI is InChI=1S/C22H17F3N6O/c1-3-20(32)31-15-5-12(4-14(7-15)22(23,24)25)13-6-16-17(10-28-21(16)27-9-13)18-8-19(26-2)30-11-29-18/h3-11H,1H2,2H3,(H,27,28)(H,31,32)(H,26,29,30). The number of benzene rings is 1. The molecule has 3 N–H and O–H groups in total. The van der Waals surface area contributed by atoms with E-state index in [0.717, 1.165) is 23.8 Å². The van der Waals surface area contributed by atoms with Crippen molar-refractivity contribution in [3.63, 3.8) is 0 Å². The number of aromatic nitrogens is 4. The predicted octanol–water partition coefficient (Wildman–Crippen LogP) is 4.87. The summed E-state index contributed by atoms with van der Waals surface area (Å²) in [5.74, 6) is 0.00909. The first-order valence-corrected chi connectivity index (χ1v) is 9.42. The number of aromatic amines is 1. The lowest BCUT2D eigenvalue weighted by Gasteiger charge is -2.13. The Labute approximate surface area is 180 Å². The van der Waals surface area contributed by atoms with E-state index in [0.29, 0.717) is 28.1 Å². The number of pyridine rings is 1. The van der Waals surface area contributed by atoms with Gasteiger partial charge in [0.1, 0.15) is 17.8 Å². The summed E-state index contributed by atoms with van der Waals surface area (Å²) in [4.78, 5) is 27.4. The maximum atomic E-state index is 13.5. The summed E-state index contributed by atoms with van der Waals surface area (Å²) < 4.78 is 40.4. The van der Waals surface area contributed by atoms with Crippen molar-refractivity contribution >= 4 is 28.4 Å². The van der Waals surface area contributed by atoms with Crippen molar-refractivity contribution in [3.05, 3.63) is 67.3 Å². The van der Waals surface area contributed by atoms with Gasteiger partial charge < -0.3 is 15.6 Å². The Morgan fingerprint density at radius 1 is 1.09 bits per heavy atom. The van der Waals surface area contributed by atoms with Crippen LogP contribution in [0.2, 0.25) is 0 Å². The van der Waals surface area contributed by atoms with Crippen LogP contribution >= 0.6 is 0 Å². The fourth-order valence-electron chi connectivity index (χ4n) is 3.24. The molecule has 0 atom stereocenters. The van der Waals surface area contributed by atoms with Gasteiger partial charge in [-0.15, -0.1) is 0 Å².